The van der Waals surface area contributed by atoms with Crippen molar-refractivity contribution in [3.8, 4) is 0 Å². The van der Waals surface area contributed by atoms with Crippen LogP contribution >= 0.6 is 0 Å². The first kappa shape index (κ1) is 15.1. The predicted octanol–water partition coefficient (Wildman–Crippen LogP) is 0.975. The van der Waals surface area contributed by atoms with E-state index in [1.165, 1.54) is 12.8 Å². The van der Waals surface area contributed by atoms with Gasteiger partial charge in [-0.25, -0.2) is 9.59 Å². The van der Waals surface area contributed by atoms with Crippen molar-refractivity contribution < 1.29 is 14.7 Å². The molecule has 2 rings (SSSR count). The van der Waals surface area contributed by atoms with E-state index >= 15 is 0 Å². The molecule has 0 bridgehead atoms. The molecule has 114 valence electrons. The number of amides is 2. The van der Waals surface area contributed by atoms with Gasteiger partial charge in [0.15, 0.2) is 0 Å². The topological polar surface area (TPSA) is 72.9 Å². The molecular weight excluding hydrogens is 258 g/mol. The van der Waals surface area contributed by atoms with E-state index in [2.05, 4.69) is 10.2 Å². The summed E-state index contributed by atoms with van der Waals surface area (Å²) < 4.78 is 0. The third-order valence-electron chi connectivity index (χ3n) is 4.42. The monoisotopic (exact) mass is 283 g/mol. The molecule has 0 aromatic rings. The summed E-state index contributed by atoms with van der Waals surface area (Å²) in [6.07, 6.45) is 3.29. The van der Waals surface area contributed by atoms with Crippen molar-refractivity contribution in [2.45, 2.75) is 45.2 Å². The summed E-state index contributed by atoms with van der Waals surface area (Å²) in [5, 5.41) is 11.9. The van der Waals surface area contributed by atoms with Gasteiger partial charge in [-0.15, -0.1) is 0 Å². The Morgan fingerprint density at radius 1 is 1.25 bits per heavy atom. The van der Waals surface area contributed by atoms with Gasteiger partial charge in [0.1, 0.15) is 6.04 Å². The largest absolute Gasteiger partial charge is 0.480 e. The molecule has 1 saturated heterocycles. The molecule has 0 aromatic carbocycles. The Bertz CT molecular complexity index is 363. The van der Waals surface area contributed by atoms with Crippen LogP contribution < -0.4 is 5.32 Å². The smallest absolute Gasteiger partial charge is 0.326 e. The van der Waals surface area contributed by atoms with E-state index in [4.69, 9.17) is 0 Å². The molecule has 2 fully saturated rings. The van der Waals surface area contributed by atoms with E-state index in [-0.39, 0.29) is 11.9 Å². The lowest BCUT2D eigenvalue weighted by Gasteiger charge is -2.35. The number of nitrogens with one attached hydrogen (secondary N) is 1. The minimum atomic E-state index is -0.954. The zero-order valence-corrected chi connectivity index (χ0v) is 12.3. The minimum Gasteiger partial charge on any atom is -0.480 e. The Kier molecular flexibility index (Phi) is 4.86. The second kappa shape index (κ2) is 6.43. The lowest BCUT2D eigenvalue weighted by Crippen LogP contribution is -2.56. The van der Waals surface area contributed by atoms with Crippen LogP contribution in [0.25, 0.3) is 0 Å². The molecule has 1 aliphatic heterocycles. The molecule has 0 radical (unpaired) electrons. The average molecular weight is 283 g/mol. The Balaban J connectivity index is 1.82. The first-order valence-electron chi connectivity index (χ1n) is 7.55. The maximum Gasteiger partial charge on any atom is 0.326 e. The number of urea groups is 1. The van der Waals surface area contributed by atoms with Crippen LogP contribution in [0.4, 0.5) is 4.79 Å². The molecule has 0 aromatic heterocycles. The SMILES string of the molecule is CCC(C)[C@H](NC(=O)N1CCN(C2CC2)CC1)C(=O)O. The highest BCUT2D eigenvalue weighted by atomic mass is 16.4. The molecular formula is C14H25N3O3. The number of aliphatic carboxylic acids is 1. The summed E-state index contributed by atoms with van der Waals surface area (Å²) in [5.74, 6) is -1.02. The van der Waals surface area contributed by atoms with E-state index in [1.54, 1.807) is 4.90 Å². The fourth-order valence-electron chi connectivity index (χ4n) is 2.64. The van der Waals surface area contributed by atoms with Crippen molar-refractivity contribution in [2.24, 2.45) is 5.92 Å². The van der Waals surface area contributed by atoms with Gasteiger partial charge < -0.3 is 15.3 Å². The first-order valence-corrected chi connectivity index (χ1v) is 7.55. The average Bonchev–Trinajstić information content (AvgIpc) is 3.28. The van der Waals surface area contributed by atoms with E-state index in [1.807, 2.05) is 13.8 Å². The predicted molar refractivity (Wildman–Crippen MR) is 75.6 cm³/mol. The van der Waals surface area contributed by atoms with Gasteiger partial charge in [0, 0.05) is 32.2 Å². The van der Waals surface area contributed by atoms with Crippen LogP contribution in [0.2, 0.25) is 0 Å². The number of rotatable bonds is 5. The molecule has 20 heavy (non-hydrogen) atoms. The number of nitrogens with zero attached hydrogens (tertiary/aromatic N) is 2. The van der Waals surface area contributed by atoms with Gasteiger partial charge in [-0.2, -0.15) is 0 Å². The standard InChI is InChI=1S/C14H25N3O3/c1-3-10(2)12(13(18)19)15-14(20)17-8-6-16(7-9-17)11-4-5-11/h10-12H,3-9H2,1-2H3,(H,15,20)(H,18,19)/t10?,12-/m0/s1. The van der Waals surface area contributed by atoms with Gasteiger partial charge in [-0.05, 0) is 18.8 Å². The van der Waals surface area contributed by atoms with Gasteiger partial charge in [0.25, 0.3) is 0 Å². The summed E-state index contributed by atoms with van der Waals surface area (Å²) in [6.45, 7) is 6.97. The molecule has 2 aliphatic rings. The third kappa shape index (κ3) is 3.62. The molecule has 1 unspecified atom stereocenters. The van der Waals surface area contributed by atoms with Gasteiger partial charge in [-0.3, -0.25) is 4.90 Å². The van der Waals surface area contributed by atoms with Crippen molar-refractivity contribution in [1.82, 2.24) is 15.1 Å². The lowest BCUT2D eigenvalue weighted by molar-refractivity contribution is -0.140. The number of hydrogen-bond donors (Lipinski definition) is 2. The molecule has 0 spiro atoms. The van der Waals surface area contributed by atoms with Crippen LogP contribution in [0, 0.1) is 5.92 Å². The van der Waals surface area contributed by atoms with E-state index in [9.17, 15) is 14.7 Å². The van der Waals surface area contributed by atoms with Crippen molar-refractivity contribution in [3.63, 3.8) is 0 Å². The molecule has 2 atom stereocenters. The fourth-order valence-corrected chi connectivity index (χ4v) is 2.64. The summed E-state index contributed by atoms with van der Waals surface area (Å²) in [4.78, 5) is 27.5. The highest BCUT2D eigenvalue weighted by molar-refractivity contribution is 5.82. The molecule has 6 heteroatoms. The highest BCUT2D eigenvalue weighted by Crippen LogP contribution is 2.27. The van der Waals surface area contributed by atoms with Crippen LogP contribution in [0.15, 0.2) is 0 Å². The quantitative estimate of drug-likeness (QED) is 0.789. The minimum absolute atomic E-state index is 0.0656. The third-order valence-corrected chi connectivity index (χ3v) is 4.42. The number of carboxylic acids is 1. The molecule has 2 N–H and O–H groups in total. The summed E-state index contributed by atoms with van der Waals surface area (Å²) in [6, 6.07) is -0.311. The zero-order valence-electron chi connectivity index (χ0n) is 12.3. The maximum atomic E-state index is 12.2. The van der Waals surface area contributed by atoms with E-state index < -0.39 is 12.0 Å². The number of carbonyl (C=O) groups excluding carboxylic acids is 1. The maximum absolute atomic E-state index is 12.2. The Morgan fingerprint density at radius 2 is 1.85 bits per heavy atom. The molecule has 1 heterocycles. The molecule has 1 aliphatic carbocycles. The Labute approximate surface area is 120 Å². The molecule has 1 saturated carbocycles. The van der Waals surface area contributed by atoms with E-state index in [0.717, 1.165) is 25.6 Å². The van der Waals surface area contributed by atoms with Gasteiger partial charge in [-0.1, -0.05) is 20.3 Å². The molecule has 2 amide bonds. The summed E-state index contributed by atoms with van der Waals surface area (Å²) in [5.41, 5.74) is 0. The van der Waals surface area contributed by atoms with Crippen molar-refractivity contribution in [1.29, 1.82) is 0 Å². The van der Waals surface area contributed by atoms with Crippen LogP contribution in [0.3, 0.4) is 0 Å². The van der Waals surface area contributed by atoms with Gasteiger partial charge in [0.05, 0.1) is 0 Å². The highest BCUT2D eigenvalue weighted by Gasteiger charge is 2.33. The zero-order chi connectivity index (χ0) is 14.7. The normalized spacial score (nSPS) is 23.2. The lowest BCUT2D eigenvalue weighted by atomic mass is 9.99. The summed E-state index contributed by atoms with van der Waals surface area (Å²) in [7, 11) is 0. The van der Waals surface area contributed by atoms with Gasteiger partial charge in [0.2, 0.25) is 0 Å². The van der Waals surface area contributed by atoms with Crippen molar-refractivity contribution >= 4 is 12.0 Å². The number of piperazine rings is 1. The Morgan fingerprint density at radius 3 is 2.30 bits per heavy atom. The van der Waals surface area contributed by atoms with Crippen LogP contribution in [0.1, 0.15) is 33.1 Å². The number of carbonyl (C=O) groups is 2. The summed E-state index contributed by atoms with van der Waals surface area (Å²) >= 11 is 0. The van der Waals surface area contributed by atoms with Crippen LogP contribution in [0.5, 0.6) is 0 Å². The van der Waals surface area contributed by atoms with Crippen LogP contribution in [-0.4, -0.2) is 65.2 Å². The second-order valence-electron chi connectivity index (χ2n) is 5.91. The number of carboxylic acid groups (broad SMARTS) is 1. The van der Waals surface area contributed by atoms with Crippen molar-refractivity contribution in [3.05, 3.63) is 0 Å². The van der Waals surface area contributed by atoms with Crippen LogP contribution in [-0.2, 0) is 4.79 Å². The van der Waals surface area contributed by atoms with Crippen molar-refractivity contribution in [2.75, 3.05) is 26.2 Å². The molecule has 6 nitrogen and oxygen atoms in total. The second-order valence-corrected chi connectivity index (χ2v) is 5.91. The first-order chi connectivity index (χ1) is 9.52. The fraction of sp³-hybridized carbons (Fsp3) is 0.857. The van der Waals surface area contributed by atoms with E-state index in [0.29, 0.717) is 13.1 Å². The Hall–Kier alpha value is -1.30. The number of hydrogen-bond acceptors (Lipinski definition) is 3. The van der Waals surface area contributed by atoms with Gasteiger partial charge >= 0.3 is 12.0 Å².